The van der Waals surface area contributed by atoms with Crippen molar-refractivity contribution in [3.05, 3.63) is 58.3 Å². The van der Waals surface area contributed by atoms with Crippen LogP contribution in [-0.2, 0) is 6.42 Å². The van der Waals surface area contributed by atoms with E-state index in [1.54, 1.807) is 12.1 Å². The van der Waals surface area contributed by atoms with Crippen LogP contribution in [0, 0.1) is 0 Å². The summed E-state index contributed by atoms with van der Waals surface area (Å²) in [4.78, 5) is 13.0. The topological polar surface area (TPSA) is 68.9 Å². The molecule has 2 aromatic carbocycles. The molecule has 1 aromatic heterocycles. The Labute approximate surface area is 150 Å². The van der Waals surface area contributed by atoms with Crippen molar-refractivity contribution in [1.82, 2.24) is 0 Å². The fourth-order valence-electron chi connectivity index (χ4n) is 3.32. The van der Waals surface area contributed by atoms with Gasteiger partial charge in [-0.3, -0.25) is 4.79 Å². The highest BCUT2D eigenvalue weighted by molar-refractivity contribution is 5.86. The van der Waals surface area contributed by atoms with Crippen LogP contribution in [0.2, 0.25) is 0 Å². The highest BCUT2D eigenvalue weighted by atomic mass is 16.5. The van der Waals surface area contributed by atoms with Crippen LogP contribution >= 0.6 is 0 Å². The minimum absolute atomic E-state index is 0.168. The molecule has 0 saturated carbocycles. The molecule has 1 N–H and O–H groups in total. The maximum atomic E-state index is 13.0. The minimum Gasteiger partial charge on any atom is -0.490 e. The summed E-state index contributed by atoms with van der Waals surface area (Å²) in [6.45, 7) is 3.68. The summed E-state index contributed by atoms with van der Waals surface area (Å²) in [5.41, 5.74) is 0.941. The second-order valence-electron chi connectivity index (χ2n) is 7.00. The number of hydrogen-bond donors (Lipinski definition) is 1. The third kappa shape index (κ3) is 2.47. The van der Waals surface area contributed by atoms with Crippen molar-refractivity contribution < 1.29 is 19.0 Å². The molecule has 0 bridgehead atoms. The maximum absolute atomic E-state index is 13.0. The zero-order valence-electron chi connectivity index (χ0n) is 14.9. The van der Waals surface area contributed by atoms with E-state index in [1.165, 1.54) is 7.11 Å². The van der Waals surface area contributed by atoms with Gasteiger partial charge in [0.25, 0.3) is 0 Å². The predicted molar refractivity (Wildman–Crippen MR) is 98.9 cm³/mol. The van der Waals surface area contributed by atoms with Gasteiger partial charge < -0.3 is 19.0 Å². The molecule has 5 heteroatoms. The van der Waals surface area contributed by atoms with Crippen LogP contribution in [0.25, 0.3) is 22.3 Å². The van der Waals surface area contributed by atoms with Crippen LogP contribution in [-0.4, -0.2) is 23.9 Å². The Morgan fingerprint density at radius 1 is 1.15 bits per heavy atom. The van der Waals surface area contributed by atoms with E-state index in [9.17, 15) is 9.90 Å². The summed E-state index contributed by atoms with van der Waals surface area (Å²) in [7, 11) is 1.46. The molecule has 1 aliphatic rings. The smallest absolute Gasteiger partial charge is 0.235 e. The number of hydrogen-bond acceptors (Lipinski definition) is 5. The number of rotatable bonds is 2. The zero-order valence-corrected chi connectivity index (χ0v) is 14.9. The number of benzene rings is 2. The molecular weight excluding hydrogens is 332 g/mol. The van der Waals surface area contributed by atoms with Crippen molar-refractivity contribution in [2.75, 3.05) is 7.11 Å². The van der Waals surface area contributed by atoms with E-state index in [4.69, 9.17) is 13.9 Å². The number of methoxy groups -OCH3 is 1. The standard InChI is InChI=1S/C21H20O5/c1-21(2)16(22)11-14-15(26-21)10-9-13-17(23)20(24-3)18(25-19(13)14)12-7-5-4-6-8-12/h4-10,16,22H,11H2,1-3H3/t16-/m1/s1. The normalized spacial score (nSPS) is 18.2. The van der Waals surface area contributed by atoms with Gasteiger partial charge in [-0.25, -0.2) is 0 Å². The van der Waals surface area contributed by atoms with E-state index in [1.807, 2.05) is 44.2 Å². The number of aliphatic hydroxyl groups excluding tert-OH is 1. The number of fused-ring (bicyclic) bond motifs is 3. The molecule has 1 aliphatic heterocycles. The summed E-state index contributed by atoms with van der Waals surface area (Å²) in [6, 6.07) is 12.8. The molecule has 0 radical (unpaired) electrons. The van der Waals surface area contributed by atoms with E-state index in [0.717, 1.165) is 5.56 Å². The largest absolute Gasteiger partial charge is 0.490 e. The fraction of sp³-hybridized carbons (Fsp3) is 0.286. The van der Waals surface area contributed by atoms with Gasteiger partial charge in [0.05, 0.1) is 18.6 Å². The highest BCUT2D eigenvalue weighted by Crippen LogP contribution is 2.39. The molecule has 5 nitrogen and oxygen atoms in total. The van der Waals surface area contributed by atoms with Gasteiger partial charge >= 0.3 is 0 Å². The molecule has 0 unspecified atom stereocenters. The molecule has 0 saturated heterocycles. The summed E-state index contributed by atoms with van der Waals surface area (Å²) in [5.74, 6) is 1.17. The predicted octanol–water partition coefficient (Wildman–Crippen LogP) is 3.54. The van der Waals surface area contributed by atoms with Crippen LogP contribution < -0.4 is 14.9 Å². The SMILES string of the molecule is COc1c(-c2ccccc2)oc2c3c(ccc2c1=O)OC(C)(C)[C@H](O)C3. The molecule has 0 fully saturated rings. The van der Waals surface area contributed by atoms with Gasteiger partial charge in [0.2, 0.25) is 11.2 Å². The van der Waals surface area contributed by atoms with Crippen molar-refractivity contribution in [3.8, 4) is 22.8 Å². The van der Waals surface area contributed by atoms with E-state index >= 15 is 0 Å². The minimum atomic E-state index is -0.701. The third-order valence-electron chi connectivity index (χ3n) is 4.89. The van der Waals surface area contributed by atoms with E-state index < -0.39 is 11.7 Å². The van der Waals surface area contributed by atoms with Gasteiger partial charge in [-0.2, -0.15) is 0 Å². The second kappa shape index (κ2) is 5.88. The summed E-state index contributed by atoms with van der Waals surface area (Å²) >= 11 is 0. The lowest BCUT2D eigenvalue weighted by atomic mass is 9.90. The maximum Gasteiger partial charge on any atom is 0.235 e. The van der Waals surface area contributed by atoms with Crippen LogP contribution in [0.3, 0.4) is 0 Å². The molecule has 4 rings (SSSR count). The zero-order chi connectivity index (χ0) is 18.5. The first kappa shape index (κ1) is 16.7. The Bertz CT molecular complexity index is 1030. The molecule has 2 heterocycles. The third-order valence-corrected chi connectivity index (χ3v) is 4.89. The first-order chi connectivity index (χ1) is 12.4. The summed E-state index contributed by atoms with van der Waals surface area (Å²) in [6.07, 6.45) is -0.350. The Morgan fingerprint density at radius 2 is 1.88 bits per heavy atom. The Hall–Kier alpha value is -2.79. The van der Waals surface area contributed by atoms with Gasteiger partial charge in [-0.05, 0) is 26.0 Å². The van der Waals surface area contributed by atoms with Crippen molar-refractivity contribution >= 4 is 11.0 Å². The molecule has 3 aromatic rings. The van der Waals surface area contributed by atoms with E-state index in [2.05, 4.69) is 0 Å². The Morgan fingerprint density at radius 3 is 2.58 bits per heavy atom. The number of ether oxygens (including phenoxy) is 2. The first-order valence-electron chi connectivity index (χ1n) is 8.51. The summed E-state index contributed by atoms with van der Waals surface area (Å²) < 4.78 is 17.4. The second-order valence-corrected chi connectivity index (χ2v) is 7.00. The van der Waals surface area contributed by atoms with Crippen molar-refractivity contribution in [3.63, 3.8) is 0 Å². The average molecular weight is 352 g/mol. The molecule has 0 spiro atoms. The molecule has 26 heavy (non-hydrogen) atoms. The first-order valence-corrected chi connectivity index (χ1v) is 8.51. The molecular formula is C21H20O5. The van der Waals surface area contributed by atoms with Gasteiger partial charge in [-0.15, -0.1) is 0 Å². The molecule has 1 atom stereocenters. The van der Waals surface area contributed by atoms with Crippen LogP contribution in [0.15, 0.2) is 51.7 Å². The van der Waals surface area contributed by atoms with Crippen LogP contribution in [0.1, 0.15) is 19.4 Å². The van der Waals surface area contributed by atoms with Crippen molar-refractivity contribution in [1.29, 1.82) is 0 Å². The van der Waals surface area contributed by atoms with Gasteiger partial charge in [-0.1, -0.05) is 30.3 Å². The van der Waals surface area contributed by atoms with Crippen LogP contribution in [0.4, 0.5) is 0 Å². The average Bonchev–Trinajstić information content (AvgIpc) is 2.63. The lowest BCUT2D eigenvalue weighted by Gasteiger charge is -2.37. The lowest BCUT2D eigenvalue weighted by molar-refractivity contribution is -0.0409. The van der Waals surface area contributed by atoms with Crippen LogP contribution in [0.5, 0.6) is 11.5 Å². The Kier molecular flexibility index (Phi) is 3.77. The summed E-state index contributed by atoms with van der Waals surface area (Å²) in [5, 5.41) is 10.8. The molecule has 0 aliphatic carbocycles. The molecule has 134 valence electrons. The van der Waals surface area contributed by atoms with Crippen molar-refractivity contribution in [2.45, 2.75) is 32.0 Å². The van der Waals surface area contributed by atoms with E-state index in [-0.39, 0.29) is 11.2 Å². The van der Waals surface area contributed by atoms with E-state index in [0.29, 0.717) is 34.5 Å². The van der Waals surface area contributed by atoms with Gasteiger partial charge in [0.15, 0.2) is 5.76 Å². The monoisotopic (exact) mass is 352 g/mol. The van der Waals surface area contributed by atoms with Crippen molar-refractivity contribution in [2.24, 2.45) is 0 Å². The van der Waals surface area contributed by atoms with Gasteiger partial charge in [0, 0.05) is 17.5 Å². The quantitative estimate of drug-likeness (QED) is 0.764. The molecule has 0 amide bonds. The fourth-order valence-corrected chi connectivity index (χ4v) is 3.32. The van der Waals surface area contributed by atoms with Gasteiger partial charge in [0.1, 0.15) is 16.9 Å². The number of aliphatic hydroxyl groups is 1. The highest BCUT2D eigenvalue weighted by Gasteiger charge is 2.37. The lowest BCUT2D eigenvalue weighted by Crippen LogP contribution is -2.46. The Balaban J connectivity index is 2.03.